The summed E-state index contributed by atoms with van der Waals surface area (Å²) in [5.74, 6) is -0.821. The Morgan fingerprint density at radius 3 is 2.18 bits per heavy atom. The molecule has 0 saturated heterocycles. The third-order valence-corrected chi connectivity index (χ3v) is 5.79. The Morgan fingerprint density at radius 1 is 0.909 bits per heavy atom. The molecule has 0 atom stereocenters. The molecule has 0 fully saturated rings. The van der Waals surface area contributed by atoms with Crippen molar-refractivity contribution in [1.29, 1.82) is 0 Å². The number of halogens is 1. The summed E-state index contributed by atoms with van der Waals surface area (Å²) in [6, 6.07) is 18.8. The summed E-state index contributed by atoms with van der Waals surface area (Å²) < 4.78 is 0. The number of fused-ring (bicyclic) bond motifs is 1. The van der Waals surface area contributed by atoms with Crippen LogP contribution >= 0.6 is 12.4 Å². The molecule has 3 aromatic rings. The van der Waals surface area contributed by atoms with Gasteiger partial charge in [0, 0.05) is 17.7 Å². The van der Waals surface area contributed by atoms with Crippen LogP contribution in [-0.4, -0.2) is 41.6 Å². The largest absolute Gasteiger partial charge is 0.348 e. The third kappa shape index (κ3) is 7.02. The zero-order valence-electron chi connectivity index (χ0n) is 19.1. The van der Waals surface area contributed by atoms with Crippen molar-refractivity contribution in [3.05, 3.63) is 82.9 Å². The second-order valence-corrected chi connectivity index (χ2v) is 7.81. The smallest absolute Gasteiger partial charge is 0.274 e. The van der Waals surface area contributed by atoms with Crippen molar-refractivity contribution in [3.63, 3.8) is 0 Å². The maximum absolute atomic E-state index is 12.6. The van der Waals surface area contributed by atoms with E-state index in [2.05, 4.69) is 48.3 Å². The Hall–Kier alpha value is -2.93. The van der Waals surface area contributed by atoms with E-state index in [1.165, 1.54) is 23.1 Å². The molecular weight excluding hydrogens is 438 g/mol. The quantitative estimate of drug-likeness (QED) is 0.300. The average Bonchev–Trinajstić information content (AvgIpc) is 2.84. The summed E-state index contributed by atoms with van der Waals surface area (Å²) in [7, 11) is 0. The van der Waals surface area contributed by atoms with E-state index in [0.29, 0.717) is 12.1 Å². The number of carbonyl (C=O) groups excluding carboxylic acids is 2. The number of hydrogen-bond donors (Lipinski definition) is 3. The maximum Gasteiger partial charge on any atom is 0.274 e. The van der Waals surface area contributed by atoms with Crippen molar-refractivity contribution in [3.8, 4) is 0 Å². The highest BCUT2D eigenvalue weighted by Gasteiger charge is 2.10. The molecule has 0 aromatic heterocycles. The van der Waals surface area contributed by atoms with Gasteiger partial charge < -0.3 is 10.2 Å². The second-order valence-electron chi connectivity index (χ2n) is 7.81. The lowest BCUT2D eigenvalue weighted by Gasteiger charge is -2.18. The number of hydroxylamine groups is 1. The molecule has 0 aliphatic heterocycles. The topological polar surface area (TPSA) is 81.7 Å². The molecule has 0 spiro atoms. The first-order valence-electron chi connectivity index (χ1n) is 11.1. The van der Waals surface area contributed by atoms with Gasteiger partial charge in [-0.15, -0.1) is 12.4 Å². The van der Waals surface area contributed by atoms with Gasteiger partial charge >= 0.3 is 0 Å². The Labute approximate surface area is 201 Å². The number of benzene rings is 3. The van der Waals surface area contributed by atoms with Gasteiger partial charge in [0.25, 0.3) is 11.8 Å². The van der Waals surface area contributed by atoms with Crippen LogP contribution in [0.25, 0.3) is 10.8 Å². The van der Waals surface area contributed by atoms with E-state index < -0.39 is 5.91 Å². The molecule has 0 unspecified atom stereocenters. The van der Waals surface area contributed by atoms with Crippen LogP contribution in [0.3, 0.4) is 0 Å². The van der Waals surface area contributed by atoms with Crippen LogP contribution in [-0.2, 0) is 13.0 Å². The summed E-state index contributed by atoms with van der Waals surface area (Å²) in [5.41, 5.74) is 4.69. The Bertz CT molecular complexity index is 1070. The van der Waals surface area contributed by atoms with Crippen molar-refractivity contribution in [2.45, 2.75) is 33.2 Å². The van der Waals surface area contributed by atoms with Crippen LogP contribution < -0.4 is 10.8 Å². The minimum absolute atomic E-state index is 0. The predicted molar refractivity (Wildman–Crippen MR) is 134 cm³/mol. The molecule has 33 heavy (non-hydrogen) atoms. The molecular formula is C26H32ClN3O3. The first-order valence-corrected chi connectivity index (χ1v) is 11.1. The van der Waals surface area contributed by atoms with Gasteiger partial charge in [-0.2, -0.15) is 0 Å². The highest BCUT2D eigenvalue weighted by molar-refractivity contribution is 5.97. The van der Waals surface area contributed by atoms with Crippen molar-refractivity contribution in [1.82, 2.24) is 15.7 Å². The number of amides is 2. The molecule has 2 amide bonds. The van der Waals surface area contributed by atoms with Crippen molar-refractivity contribution >= 4 is 35.0 Å². The van der Waals surface area contributed by atoms with Crippen LogP contribution in [0, 0.1) is 0 Å². The molecule has 0 aliphatic rings. The molecule has 0 heterocycles. The summed E-state index contributed by atoms with van der Waals surface area (Å²) in [6.45, 7) is 8.01. The van der Waals surface area contributed by atoms with Crippen LogP contribution in [0.15, 0.2) is 60.7 Å². The normalized spacial score (nSPS) is 10.7. The first kappa shape index (κ1) is 26.3. The van der Waals surface area contributed by atoms with Crippen molar-refractivity contribution in [2.24, 2.45) is 0 Å². The van der Waals surface area contributed by atoms with E-state index >= 15 is 0 Å². The lowest BCUT2D eigenvalue weighted by molar-refractivity contribution is 0.0706. The fraction of sp³-hybridized carbons (Fsp3) is 0.308. The predicted octanol–water partition coefficient (Wildman–Crippen LogP) is 4.59. The van der Waals surface area contributed by atoms with Gasteiger partial charge in [0.05, 0.1) is 0 Å². The number of carbonyl (C=O) groups is 2. The Balaban J connectivity index is 0.00000385. The molecule has 3 aromatic carbocycles. The van der Waals surface area contributed by atoms with E-state index in [1.54, 1.807) is 17.6 Å². The molecule has 6 nitrogen and oxygen atoms in total. The van der Waals surface area contributed by atoms with E-state index in [1.807, 2.05) is 12.1 Å². The van der Waals surface area contributed by atoms with Crippen molar-refractivity contribution in [2.75, 3.05) is 19.6 Å². The second kappa shape index (κ2) is 12.9. The number of nitrogens with one attached hydrogen (secondary N) is 2. The first-order chi connectivity index (χ1) is 15.5. The summed E-state index contributed by atoms with van der Waals surface area (Å²) in [4.78, 5) is 26.5. The van der Waals surface area contributed by atoms with Gasteiger partial charge in [0.15, 0.2) is 0 Å². The van der Waals surface area contributed by atoms with Gasteiger partial charge in [-0.1, -0.05) is 50.2 Å². The maximum atomic E-state index is 12.6. The molecule has 176 valence electrons. The number of aryl methyl sites for hydroxylation is 1. The van der Waals surface area contributed by atoms with Gasteiger partial charge in [0.1, 0.15) is 0 Å². The minimum atomic E-state index is -0.610. The number of nitrogens with zero attached hydrogens (tertiary/aromatic N) is 1. The van der Waals surface area contributed by atoms with Gasteiger partial charge in [-0.25, -0.2) is 5.48 Å². The summed E-state index contributed by atoms with van der Waals surface area (Å²) >= 11 is 0. The fourth-order valence-electron chi connectivity index (χ4n) is 3.91. The molecule has 0 bridgehead atoms. The lowest BCUT2D eigenvalue weighted by Crippen LogP contribution is -2.24. The van der Waals surface area contributed by atoms with E-state index in [9.17, 15) is 9.59 Å². The zero-order valence-corrected chi connectivity index (χ0v) is 20.0. The molecule has 7 heteroatoms. The molecule has 3 N–H and O–H groups in total. The Kier molecular flexibility index (Phi) is 10.3. The highest BCUT2D eigenvalue weighted by Crippen LogP contribution is 2.22. The SMILES string of the molecule is CCN(CC)CCCc1cc(CNC(=O)c2ccc(C(=O)NO)cc2)c2ccccc2c1.Cl. The summed E-state index contributed by atoms with van der Waals surface area (Å²) in [5, 5.41) is 14.0. The van der Waals surface area contributed by atoms with Crippen LogP contribution in [0.5, 0.6) is 0 Å². The standard InChI is InChI=1S/C26H31N3O3.ClH/c1-3-29(4-2)15-7-8-19-16-22-9-5-6-10-24(22)23(17-19)18-27-25(30)20-11-13-21(14-12-20)26(31)28-32;/h5-6,9-14,16-17,32H,3-4,7-8,15,18H2,1-2H3,(H,27,30)(H,28,31);1H. The number of rotatable bonds is 10. The Morgan fingerprint density at radius 2 is 1.55 bits per heavy atom. The van der Waals surface area contributed by atoms with Gasteiger partial charge in [-0.3, -0.25) is 14.8 Å². The molecule has 0 aliphatic carbocycles. The summed E-state index contributed by atoms with van der Waals surface area (Å²) in [6.07, 6.45) is 2.09. The van der Waals surface area contributed by atoms with E-state index in [4.69, 9.17) is 5.21 Å². The van der Waals surface area contributed by atoms with E-state index in [-0.39, 0.29) is 23.9 Å². The molecule has 0 saturated carbocycles. The zero-order chi connectivity index (χ0) is 22.9. The lowest BCUT2D eigenvalue weighted by atomic mass is 9.98. The van der Waals surface area contributed by atoms with Gasteiger partial charge in [0.2, 0.25) is 0 Å². The van der Waals surface area contributed by atoms with Crippen LogP contribution in [0.4, 0.5) is 0 Å². The number of hydrogen-bond acceptors (Lipinski definition) is 4. The van der Waals surface area contributed by atoms with Crippen LogP contribution in [0.2, 0.25) is 0 Å². The van der Waals surface area contributed by atoms with Crippen molar-refractivity contribution < 1.29 is 14.8 Å². The fourth-order valence-corrected chi connectivity index (χ4v) is 3.91. The minimum Gasteiger partial charge on any atom is -0.348 e. The monoisotopic (exact) mass is 469 g/mol. The molecule has 0 radical (unpaired) electrons. The van der Waals surface area contributed by atoms with E-state index in [0.717, 1.165) is 43.4 Å². The highest BCUT2D eigenvalue weighted by atomic mass is 35.5. The molecule has 3 rings (SSSR count). The van der Waals surface area contributed by atoms with Gasteiger partial charge in [-0.05, 0) is 78.6 Å². The van der Waals surface area contributed by atoms with Crippen LogP contribution in [0.1, 0.15) is 52.1 Å². The average molecular weight is 470 g/mol. The third-order valence-electron chi connectivity index (χ3n) is 5.79.